The number of hydrogen-bond acceptors (Lipinski definition) is 8. The topological polar surface area (TPSA) is 113 Å². The van der Waals surface area contributed by atoms with E-state index in [2.05, 4.69) is 10.5 Å². The fourth-order valence-corrected chi connectivity index (χ4v) is 4.03. The molecule has 190 valence electrons. The fraction of sp³-hybridized carbons (Fsp3) is 0.231. The molecule has 0 aliphatic carbocycles. The molecule has 0 fully saturated rings. The van der Waals surface area contributed by atoms with E-state index in [1.54, 1.807) is 55.5 Å². The lowest BCUT2D eigenvalue weighted by atomic mass is 10.2. The van der Waals surface area contributed by atoms with Crippen LogP contribution in [0.3, 0.4) is 0 Å². The number of benzene rings is 3. The number of carbonyl (C=O) groups is 1. The fourth-order valence-electron chi connectivity index (χ4n) is 3.07. The molecule has 3 rings (SSSR count). The van der Waals surface area contributed by atoms with Gasteiger partial charge in [0.1, 0.15) is 4.90 Å². The van der Waals surface area contributed by atoms with Crippen LogP contribution in [0.1, 0.15) is 36.2 Å². The monoisotopic (exact) mass is 512 g/mol. The molecule has 3 aromatic rings. The van der Waals surface area contributed by atoms with Gasteiger partial charge in [-0.05, 0) is 67.4 Å². The third-order valence-corrected chi connectivity index (χ3v) is 6.01. The van der Waals surface area contributed by atoms with E-state index in [9.17, 15) is 13.2 Å². The lowest BCUT2D eigenvalue weighted by Crippen LogP contribution is -2.17. The second-order valence-corrected chi connectivity index (χ2v) is 8.95. The highest BCUT2D eigenvalue weighted by atomic mass is 32.2. The minimum absolute atomic E-state index is 0.0300. The highest BCUT2D eigenvalue weighted by Crippen LogP contribution is 2.31. The Bertz CT molecular complexity index is 1310. The third kappa shape index (κ3) is 6.98. The van der Waals surface area contributed by atoms with Gasteiger partial charge in [-0.2, -0.15) is 13.5 Å². The molecular formula is C26H28N2O7S. The van der Waals surface area contributed by atoms with Crippen molar-refractivity contribution < 1.29 is 31.6 Å². The number of methoxy groups -OCH3 is 1. The van der Waals surface area contributed by atoms with Crippen LogP contribution in [0.25, 0.3) is 0 Å². The Balaban J connectivity index is 1.71. The van der Waals surface area contributed by atoms with Crippen molar-refractivity contribution in [2.24, 2.45) is 5.10 Å². The van der Waals surface area contributed by atoms with Gasteiger partial charge in [-0.15, -0.1) is 0 Å². The van der Waals surface area contributed by atoms with Gasteiger partial charge in [0.25, 0.3) is 5.91 Å². The number of amides is 1. The van der Waals surface area contributed by atoms with Crippen LogP contribution in [0.5, 0.6) is 23.0 Å². The molecule has 0 aliphatic heterocycles. The van der Waals surface area contributed by atoms with Crippen molar-refractivity contribution in [1.82, 2.24) is 5.43 Å². The van der Waals surface area contributed by atoms with E-state index in [1.807, 2.05) is 6.92 Å². The zero-order valence-electron chi connectivity index (χ0n) is 20.3. The molecule has 0 saturated heterocycles. The van der Waals surface area contributed by atoms with E-state index >= 15 is 0 Å². The van der Waals surface area contributed by atoms with Gasteiger partial charge in [0.05, 0.1) is 26.5 Å². The van der Waals surface area contributed by atoms with Gasteiger partial charge < -0.3 is 18.4 Å². The van der Waals surface area contributed by atoms with Crippen LogP contribution < -0.4 is 23.8 Å². The molecule has 1 amide bonds. The molecule has 0 spiro atoms. The highest BCUT2D eigenvalue weighted by molar-refractivity contribution is 7.87. The van der Waals surface area contributed by atoms with Crippen LogP contribution in [0, 0.1) is 0 Å². The molecule has 0 unspecified atom stereocenters. The van der Waals surface area contributed by atoms with Crippen molar-refractivity contribution in [3.63, 3.8) is 0 Å². The van der Waals surface area contributed by atoms with Crippen LogP contribution >= 0.6 is 0 Å². The summed E-state index contributed by atoms with van der Waals surface area (Å²) in [5, 5.41) is 3.99. The van der Waals surface area contributed by atoms with Crippen LogP contribution in [0.4, 0.5) is 0 Å². The van der Waals surface area contributed by atoms with Gasteiger partial charge >= 0.3 is 10.1 Å². The van der Waals surface area contributed by atoms with Crippen molar-refractivity contribution in [1.29, 1.82) is 0 Å². The van der Waals surface area contributed by atoms with Gasteiger partial charge in [0.2, 0.25) is 0 Å². The summed E-state index contributed by atoms with van der Waals surface area (Å²) in [4.78, 5) is 12.5. The molecule has 0 radical (unpaired) electrons. The maximum Gasteiger partial charge on any atom is 0.339 e. The lowest BCUT2D eigenvalue weighted by Gasteiger charge is -2.12. The summed E-state index contributed by atoms with van der Waals surface area (Å²) in [7, 11) is -2.53. The first kappa shape index (κ1) is 26.6. The first-order chi connectivity index (χ1) is 17.4. The van der Waals surface area contributed by atoms with E-state index < -0.39 is 16.0 Å². The Morgan fingerprint density at radius 3 is 2.36 bits per heavy atom. The Hall–Kier alpha value is -4.05. The van der Waals surface area contributed by atoms with E-state index in [1.165, 1.54) is 31.5 Å². The Morgan fingerprint density at radius 2 is 1.67 bits per heavy atom. The maximum atomic E-state index is 12.6. The maximum absolute atomic E-state index is 12.6. The third-order valence-electron chi connectivity index (χ3n) is 4.77. The van der Waals surface area contributed by atoms with E-state index in [0.29, 0.717) is 35.8 Å². The molecule has 0 atom stereocenters. The predicted molar refractivity (Wildman–Crippen MR) is 136 cm³/mol. The van der Waals surface area contributed by atoms with Gasteiger partial charge in [-0.25, -0.2) is 5.43 Å². The SMILES string of the molecule is CCCOc1ccc(C(=O)N/N=C/c2ccc(OS(=O)(=O)c3ccccc3)c(OCC)c2)cc1OC. The average Bonchev–Trinajstić information content (AvgIpc) is 2.89. The Morgan fingerprint density at radius 1 is 0.917 bits per heavy atom. The van der Waals surface area contributed by atoms with Crippen molar-refractivity contribution in [2.75, 3.05) is 20.3 Å². The summed E-state index contributed by atoms with van der Waals surface area (Å²) >= 11 is 0. The summed E-state index contributed by atoms with van der Waals surface area (Å²) in [5.41, 5.74) is 3.36. The first-order valence-corrected chi connectivity index (χ1v) is 12.7. The summed E-state index contributed by atoms with van der Waals surface area (Å²) in [6.45, 7) is 4.59. The molecule has 36 heavy (non-hydrogen) atoms. The number of hydrogen-bond donors (Lipinski definition) is 1. The zero-order chi connectivity index (χ0) is 26.0. The minimum atomic E-state index is -4.03. The Kier molecular flexibility index (Phi) is 9.29. The molecule has 9 nitrogen and oxygen atoms in total. The minimum Gasteiger partial charge on any atom is -0.493 e. The molecule has 3 aromatic carbocycles. The van der Waals surface area contributed by atoms with Gasteiger partial charge in [0, 0.05) is 5.56 Å². The largest absolute Gasteiger partial charge is 0.493 e. The summed E-state index contributed by atoms with van der Waals surface area (Å²) in [6, 6.07) is 17.3. The molecule has 10 heteroatoms. The average molecular weight is 513 g/mol. The molecule has 0 aromatic heterocycles. The number of nitrogens with zero attached hydrogens (tertiary/aromatic N) is 1. The summed E-state index contributed by atoms with van der Waals surface area (Å²) in [5.74, 6) is 0.825. The molecule has 1 N–H and O–H groups in total. The molecular weight excluding hydrogens is 484 g/mol. The lowest BCUT2D eigenvalue weighted by molar-refractivity contribution is 0.0954. The smallest absolute Gasteiger partial charge is 0.339 e. The van der Waals surface area contributed by atoms with Crippen LogP contribution in [-0.2, 0) is 10.1 Å². The normalized spacial score (nSPS) is 11.2. The number of nitrogens with one attached hydrogen (secondary N) is 1. The standard InChI is InChI=1S/C26H28N2O7S/c1-4-15-34-22-14-12-20(17-24(22)32-3)26(29)28-27-18-19-11-13-23(25(16-19)33-5-2)35-36(30,31)21-9-7-6-8-10-21/h6-14,16-18H,4-5,15H2,1-3H3,(H,28,29)/b27-18+. The van der Waals surface area contributed by atoms with Crippen LogP contribution in [-0.4, -0.2) is 40.9 Å². The van der Waals surface area contributed by atoms with E-state index in [0.717, 1.165) is 6.42 Å². The quantitative estimate of drug-likeness (QED) is 0.217. The summed E-state index contributed by atoms with van der Waals surface area (Å²) < 4.78 is 46.9. The first-order valence-electron chi connectivity index (χ1n) is 11.3. The molecule has 0 bridgehead atoms. The van der Waals surface area contributed by atoms with Crippen LogP contribution in [0.15, 0.2) is 76.7 Å². The Labute approximate surface area is 210 Å². The molecule has 0 aliphatic rings. The summed E-state index contributed by atoms with van der Waals surface area (Å²) in [6.07, 6.45) is 2.26. The highest BCUT2D eigenvalue weighted by Gasteiger charge is 2.19. The molecule has 0 heterocycles. The van der Waals surface area contributed by atoms with Crippen molar-refractivity contribution in [3.8, 4) is 23.0 Å². The van der Waals surface area contributed by atoms with Crippen molar-refractivity contribution >= 4 is 22.2 Å². The molecule has 0 saturated carbocycles. The predicted octanol–water partition coefficient (Wildman–Crippen LogP) is 4.41. The van der Waals surface area contributed by atoms with Crippen molar-refractivity contribution in [2.45, 2.75) is 25.2 Å². The number of hydrazone groups is 1. The van der Waals surface area contributed by atoms with Gasteiger partial charge in [-0.3, -0.25) is 4.79 Å². The number of ether oxygens (including phenoxy) is 3. The second-order valence-electron chi connectivity index (χ2n) is 7.40. The van der Waals surface area contributed by atoms with E-state index in [4.69, 9.17) is 18.4 Å². The number of carbonyl (C=O) groups excluding carboxylic acids is 1. The van der Waals surface area contributed by atoms with Gasteiger partial charge in [0.15, 0.2) is 23.0 Å². The second kappa shape index (κ2) is 12.6. The van der Waals surface area contributed by atoms with Crippen LogP contribution in [0.2, 0.25) is 0 Å². The van der Waals surface area contributed by atoms with Gasteiger partial charge in [-0.1, -0.05) is 25.1 Å². The number of rotatable bonds is 12. The van der Waals surface area contributed by atoms with E-state index in [-0.39, 0.29) is 16.4 Å². The van der Waals surface area contributed by atoms with Crippen molar-refractivity contribution in [3.05, 3.63) is 77.9 Å². The zero-order valence-corrected chi connectivity index (χ0v) is 21.1.